The van der Waals surface area contributed by atoms with E-state index in [4.69, 9.17) is 21.8 Å². The van der Waals surface area contributed by atoms with E-state index in [2.05, 4.69) is 0 Å². The van der Waals surface area contributed by atoms with Crippen LogP contribution in [0.2, 0.25) is 5.02 Å². The van der Waals surface area contributed by atoms with Gasteiger partial charge in [0.2, 0.25) is 0 Å². The number of rotatable bonds is 4. The van der Waals surface area contributed by atoms with Crippen molar-refractivity contribution < 1.29 is 9.21 Å². The molecule has 0 bridgehead atoms. The molecule has 0 aliphatic carbocycles. The Bertz CT molecular complexity index is 567. The number of carbonyl (C=O) groups is 1. The van der Waals surface area contributed by atoms with Crippen molar-refractivity contribution in [1.29, 1.82) is 0 Å². The number of halogens is 1. The summed E-state index contributed by atoms with van der Waals surface area (Å²) in [7, 11) is 0. The molecule has 5 heteroatoms. The first-order chi connectivity index (χ1) is 9.13. The van der Waals surface area contributed by atoms with Crippen molar-refractivity contribution in [1.82, 2.24) is 4.90 Å². The molecular formula is C14H15ClN2O2. The maximum atomic E-state index is 12.4. The van der Waals surface area contributed by atoms with Crippen molar-refractivity contribution in [2.45, 2.75) is 13.5 Å². The van der Waals surface area contributed by atoms with E-state index in [0.29, 0.717) is 29.4 Å². The molecule has 1 aromatic heterocycles. The molecule has 0 atom stereocenters. The molecule has 0 saturated heterocycles. The van der Waals surface area contributed by atoms with Crippen LogP contribution in [0.25, 0.3) is 0 Å². The minimum Gasteiger partial charge on any atom is -0.467 e. The molecular weight excluding hydrogens is 264 g/mol. The fourth-order valence-corrected chi connectivity index (χ4v) is 2.01. The van der Waals surface area contributed by atoms with E-state index in [0.717, 1.165) is 5.76 Å². The number of benzene rings is 1. The number of furan rings is 1. The molecule has 0 radical (unpaired) electrons. The number of carbonyl (C=O) groups excluding carboxylic acids is 1. The largest absolute Gasteiger partial charge is 0.467 e. The van der Waals surface area contributed by atoms with E-state index in [1.807, 2.05) is 13.0 Å². The fourth-order valence-electron chi connectivity index (χ4n) is 1.80. The third-order valence-electron chi connectivity index (χ3n) is 2.85. The fraction of sp³-hybridized carbons (Fsp3) is 0.214. The lowest BCUT2D eigenvalue weighted by Crippen LogP contribution is -2.30. The van der Waals surface area contributed by atoms with Crippen molar-refractivity contribution in [3.05, 3.63) is 52.9 Å². The number of hydrogen-bond acceptors (Lipinski definition) is 3. The van der Waals surface area contributed by atoms with Gasteiger partial charge in [-0.2, -0.15) is 0 Å². The second-order valence-electron chi connectivity index (χ2n) is 4.11. The summed E-state index contributed by atoms with van der Waals surface area (Å²) in [5, 5.41) is 0.297. The number of hydrogen-bond donors (Lipinski definition) is 1. The lowest BCUT2D eigenvalue weighted by atomic mass is 10.1. The minimum atomic E-state index is -0.156. The van der Waals surface area contributed by atoms with Gasteiger partial charge in [-0.25, -0.2) is 0 Å². The van der Waals surface area contributed by atoms with Crippen LogP contribution in [0.1, 0.15) is 23.0 Å². The zero-order valence-electron chi connectivity index (χ0n) is 10.6. The Morgan fingerprint density at radius 2 is 2.16 bits per heavy atom. The summed E-state index contributed by atoms with van der Waals surface area (Å²) in [6, 6.07) is 8.68. The molecule has 2 N–H and O–H groups in total. The highest BCUT2D eigenvalue weighted by molar-refractivity contribution is 6.36. The van der Waals surface area contributed by atoms with Crippen LogP contribution in [0.3, 0.4) is 0 Å². The Morgan fingerprint density at radius 1 is 1.37 bits per heavy atom. The van der Waals surface area contributed by atoms with E-state index in [1.165, 1.54) is 0 Å². The predicted molar refractivity (Wildman–Crippen MR) is 75.0 cm³/mol. The summed E-state index contributed by atoms with van der Waals surface area (Å²) in [5.74, 6) is 0.575. The van der Waals surface area contributed by atoms with Gasteiger partial charge >= 0.3 is 0 Å². The monoisotopic (exact) mass is 278 g/mol. The van der Waals surface area contributed by atoms with E-state index >= 15 is 0 Å². The SMILES string of the molecule is CCN(Cc1ccco1)C(=O)c1cccc(N)c1Cl. The average Bonchev–Trinajstić information content (AvgIpc) is 2.91. The molecule has 0 spiro atoms. The van der Waals surface area contributed by atoms with Crippen LogP contribution in [0.15, 0.2) is 41.0 Å². The van der Waals surface area contributed by atoms with Gasteiger partial charge in [-0.15, -0.1) is 0 Å². The van der Waals surface area contributed by atoms with Crippen LogP contribution in [0, 0.1) is 0 Å². The zero-order valence-corrected chi connectivity index (χ0v) is 11.4. The molecule has 2 aromatic rings. The van der Waals surface area contributed by atoms with Gasteiger partial charge in [0.15, 0.2) is 0 Å². The van der Waals surface area contributed by atoms with Gasteiger partial charge in [-0.1, -0.05) is 17.7 Å². The summed E-state index contributed by atoms with van der Waals surface area (Å²) < 4.78 is 5.25. The van der Waals surface area contributed by atoms with Crippen molar-refractivity contribution in [2.75, 3.05) is 12.3 Å². The standard InChI is InChI=1S/C14H15ClN2O2/c1-2-17(9-10-5-4-8-19-10)14(18)11-6-3-7-12(16)13(11)15/h3-8H,2,9,16H2,1H3. The van der Waals surface area contributed by atoms with Crippen LogP contribution in [0.5, 0.6) is 0 Å². The number of anilines is 1. The topological polar surface area (TPSA) is 59.5 Å². The van der Waals surface area contributed by atoms with Gasteiger partial charge in [0, 0.05) is 6.54 Å². The Balaban J connectivity index is 2.23. The highest BCUT2D eigenvalue weighted by Crippen LogP contribution is 2.24. The molecule has 0 aliphatic rings. The molecule has 1 aromatic carbocycles. The third kappa shape index (κ3) is 2.90. The van der Waals surface area contributed by atoms with Crippen LogP contribution in [-0.2, 0) is 6.54 Å². The smallest absolute Gasteiger partial charge is 0.255 e. The highest BCUT2D eigenvalue weighted by Gasteiger charge is 2.19. The van der Waals surface area contributed by atoms with Crippen LogP contribution in [-0.4, -0.2) is 17.4 Å². The number of amides is 1. The third-order valence-corrected chi connectivity index (χ3v) is 3.28. The van der Waals surface area contributed by atoms with E-state index in [1.54, 1.807) is 35.4 Å². The lowest BCUT2D eigenvalue weighted by molar-refractivity contribution is 0.0741. The summed E-state index contributed by atoms with van der Waals surface area (Å²) in [6.07, 6.45) is 1.58. The summed E-state index contributed by atoms with van der Waals surface area (Å²) in [5.41, 5.74) is 6.53. The first-order valence-electron chi connectivity index (χ1n) is 5.99. The number of nitrogens with two attached hydrogens (primary N) is 1. The number of nitrogens with zero attached hydrogens (tertiary/aromatic N) is 1. The zero-order chi connectivity index (χ0) is 13.8. The lowest BCUT2D eigenvalue weighted by Gasteiger charge is -2.20. The molecule has 0 aliphatic heterocycles. The van der Waals surface area contributed by atoms with Crippen molar-refractivity contribution in [3.63, 3.8) is 0 Å². The predicted octanol–water partition coefficient (Wildman–Crippen LogP) is 3.18. The van der Waals surface area contributed by atoms with Crippen molar-refractivity contribution in [2.24, 2.45) is 0 Å². The summed E-state index contributed by atoms with van der Waals surface area (Å²) >= 11 is 6.08. The summed E-state index contributed by atoms with van der Waals surface area (Å²) in [4.78, 5) is 14.1. The normalized spacial score (nSPS) is 10.4. The second-order valence-corrected chi connectivity index (χ2v) is 4.49. The second kappa shape index (κ2) is 5.80. The van der Waals surface area contributed by atoms with Gasteiger partial charge in [0.25, 0.3) is 5.91 Å². The Hall–Kier alpha value is -1.94. The Kier molecular flexibility index (Phi) is 4.12. The highest BCUT2D eigenvalue weighted by atomic mass is 35.5. The summed E-state index contributed by atoms with van der Waals surface area (Å²) in [6.45, 7) is 2.87. The van der Waals surface area contributed by atoms with Crippen molar-refractivity contribution in [3.8, 4) is 0 Å². The maximum Gasteiger partial charge on any atom is 0.255 e. The van der Waals surface area contributed by atoms with Gasteiger partial charge < -0.3 is 15.1 Å². The molecule has 0 unspecified atom stereocenters. The van der Waals surface area contributed by atoms with Gasteiger partial charge in [-0.05, 0) is 31.2 Å². The maximum absolute atomic E-state index is 12.4. The van der Waals surface area contributed by atoms with E-state index in [9.17, 15) is 4.79 Å². The quantitative estimate of drug-likeness (QED) is 0.874. The van der Waals surface area contributed by atoms with Crippen molar-refractivity contribution >= 4 is 23.2 Å². The van der Waals surface area contributed by atoms with E-state index < -0.39 is 0 Å². The van der Waals surface area contributed by atoms with Gasteiger partial charge in [0.1, 0.15) is 5.76 Å². The number of nitrogen functional groups attached to an aromatic ring is 1. The van der Waals surface area contributed by atoms with E-state index in [-0.39, 0.29) is 5.91 Å². The van der Waals surface area contributed by atoms with Gasteiger partial charge in [-0.3, -0.25) is 4.79 Å². The molecule has 0 fully saturated rings. The van der Waals surface area contributed by atoms with Crippen LogP contribution < -0.4 is 5.73 Å². The Morgan fingerprint density at radius 3 is 2.79 bits per heavy atom. The average molecular weight is 279 g/mol. The Labute approximate surface area is 116 Å². The van der Waals surface area contributed by atoms with Crippen LogP contribution >= 0.6 is 11.6 Å². The first kappa shape index (κ1) is 13.5. The molecule has 100 valence electrons. The molecule has 1 heterocycles. The first-order valence-corrected chi connectivity index (χ1v) is 6.37. The molecule has 2 rings (SSSR count). The molecule has 4 nitrogen and oxygen atoms in total. The minimum absolute atomic E-state index is 0.156. The molecule has 1 amide bonds. The molecule has 0 saturated carbocycles. The van der Waals surface area contributed by atoms with Gasteiger partial charge in [0.05, 0.1) is 29.1 Å². The molecule has 19 heavy (non-hydrogen) atoms. The van der Waals surface area contributed by atoms with Crippen LogP contribution in [0.4, 0.5) is 5.69 Å².